The SMILES string of the molecule is Cn1c(-c2cccc(C(=O)O)n2)cn2ccnc12. The predicted octanol–water partition coefficient (Wildman–Crippen LogP) is 1.43. The number of carboxylic acids is 1. The summed E-state index contributed by atoms with van der Waals surface area (Å²) in [5.74, 6) is -0.247. The Kier molecular flexibility index (Phi) is 2.16. The molecular formula is C12H10N4O2. The number of imidazole rings is 2. The van der Waals surface area contributed by atoms with Gasteiger partial charge < -0.3 is 9.67 Å². The van der Waals surface area contributed by atoms with Crippen LogP contribution in [0.25, 0.3) is 17.2 Å². The minimum Gasteiger partial charge on any atom is -0.477 e. The molecule has 0 aliphatic carbocycles. The van der Waals surface area contributed by atoms with Crippen molar-refractivity contribution in [3.63, 3.8) is 0 Å². The van der Waals surface area contributed by atoms with Crippen LogP contribution >= 0.6 is 0 Å². The van der Waals surface area contributed by atoms with E-state index in [0.717, 1.165) is 11.5 Å². The first-order chi connectivity index (χ1) is 8.66. The fourth-order valence-electron chi connectivity index (χ4n) is 1.93. The largest absolute Gasteiger partial charge is 0.477 e. The molecule has 0 aliphatic rings. The number of carboxylic acid groups (broad SMARTS) is 1. The number of nitrogens with zero attached hydrogens (tertiary/aromatic N) is 4. The summed E-state index contributed by atoms with van der Waals surface area (Å²) < 4.78 is 3.73. The lowest BCUT2D eigenvalue weighted by molar-refractivity contribution is 0.0690. The van der Waals surface area contributed by atoms with Crippen LogP contribution in [0, 0.1) is 0 Å². The molecule has 6 nitrogen and oxygen atoms in total. The van der Waals surface area contributed by atoms with E-state index < -0.39 is 5.97 Å². The molecule has 0 atom stereocenters. The molecule has 0 fully saturated rings. The monoisotopic (exact) mass is 242 g/mol. The Hall–Kier alpha value is -2.63. The molecule has 0 spiro atoms. The molecule has 0 aliphatic heterocycles. The normalized spacial score (nSPS) is 10.9. The van der Waals surface area contributed by atoms with Crippen LogP contribution in [-0.4, -0.2) is 30.0 Å². The van der Waals surface area contributed by atoms with Gasteiger partial charge in [0.1, 0.15) is 5.69 Å². The summed E-state index contributed by atoms with van der Waals surface area (Å²) in [7, 11) is 1.87. The predicted molar refractivity (Wildman–Crippen MR) is 64.4 cm³/mol. The maximum Gasteiger partial charge on any atom is 0.354 e. The summed E-state index contributed by atoms with van der Waals surface area (Å²) >= 11 is 0. The highest BCUT2D eigenvalue weighted by Crippen LogP contribution is 2.19. The van der Waals surface area contributed by atoms with Crippen molar-refractivity contribution < 1.29 is 9.90 Å². The van der Waals surface area contributed by atoms with Gasteiger partial charge in [-0.05, 0) is 12.1 Å². The standard InChI is InChI=1S/C12H10N4O2/c1-15-10(7-16-6-5-13-12(15)16)8-3-2-4-9(14-8)11(17)18/h2-7H,1H3,(H,17,18). The van der Waals surface area contributed by atoms with Gasteiger partial charge in [-0.2, -0.15) is 0 Å². The Bertz CT molecular complexity index is 741. The van der Waals surface area contributed by atoms with Gasteiger partial charge in [-0.15, -0.1) is 0 Å². The topological polar surface area (TPSA) is 72.4 Å². The van der Waals surface area contributed by atoms with Crippen LogP contribution in [0.4, 0.5) is 0 Å². The average Bonchev–Trinajstić information content (AvgIpc) is 2.93. The summed E-state index contributed by atoms with van der Waals surface area (Å²) in [5, 5.41) is 8.94. The van der Waals surface area contributed by atoms with E-state index in [1.807, 2.05) is 28.4 Å². The van der Waals surface area contributed by atoms with E-state index in [0.29, 0.717) is 5.69 Å². The van der Waals surface area contributed by atoms with Crippen LogP contribution in [0.3, 0.4) is 0 Å². The fourth-order valence-corrected chi connectivity index (χ4v) is 1.93. The highest BCUT2D eigenvalue weighted by atomic mass is 16.4. The van der Waals surface area contributed by atoms with Crippen molar-refractivity contribution in [2.45, 2.75) is 0 Å². The lowest BCUT2D eigenvalue weighted by Crippen LogP contribution is -2.02. The number of aromatic carboxylic acids is 1. The quantitative estimate of drug-likeness (QED) is 0.737. The molecule has 90 valence electrons. The van der Waals surface area contributed by atoms with E-state index in [-0.39, 0.29) is 5.69 Å². The molecular weight excluding hydrogens is 232 g/mol. The minimum absolute atomic E-state index is 0.0336. The summed E-state index contributed by atoms with van der Waals surface area (Å²) in [5.41, 5.74) is 1.47. The molecule has 0 saturated heterocycles. The maximum absolute atomic E-state index is 10.9. The van der Waals surface area contributed by atoms with Crippen molar-refractivity contribution >= 4 is 11.7 Å². The van der Waals surface area contributed by atoms with Gasteiger partial charge in [-0.3, -0.25) is 4.40 Å². The molecule has 3 aromatic rings. The first-order valence-electron chi connectivity index (χ1n) is 5.36. The molecule has 3 rings (SSSR count). The Labute approximate surface area is 102 Å². The van der Waals surface area contributed by atoms with Gasteiger partial charge in [0, 0.05) is 25.6 Å². The summed E-state index contributed by atoms with van der Waals surface area (Å²) in [6.07, 6.45) is 5.41. The fraction of sp³-hybridized carbons (Fsp3) is 0.0833. The van der Waals surface area contributed by atoms with Gasteiger partial charge >= 0.3 is 5.97 Å². The van der Waals surface area contributed by atoms with Gasteiger partial charge in [-0.25, -0.2) is 14.8 Å². The number of fused-ring (bicyclic) bond motifs is 1. The van der Waals surface area contributed by atoms with E-state index in [1.165, 1.54) is 6.07 Å². The molecule has 6 heteroatoms. The number of aromatic nitrogens is 4. The zero-order valence-electron chi connectivity index (χ0n) is 9.61. The third kappa shape index (κ3) is 1.46. The van der Waals surface area contributed by atoms with Crippen molar-refractivity contribution in [2.24, 2.45) is 7.05 Å². The van der Waals surface area contributed by atoms with Gasteiger partial charge in [0.15, 0.2) is 0 Å². The molecule has 1 N–H and O–H groups in total. The van der Waals surface area contributed by atoms with Gasteiger partial charge in [-0.1, -0.05) is 6.07 Å². The second-order valence-corrected chi connectivity index (χ2v) is 3.92. The second kappa shape index (κ2) is 3.69. The molecule has 0 aromatic carbocycles. The zero-order valence-corrected chi connectivity index (χ0v) is 9.61. The highest BCUT2D eigenvalue weighted by molar-refractivity contribution is 5.86. The van der Waals surface area contributed by atoms with Crippen molar-refractivity contribution in [2.75, 3.05) is 0 Å². The zero-order chi connectivity index (χ0) is 12.7. The lowest BCUT2D eigenvalue weighted by Gasteiger charge is -2.02. The molecule has 0 radical (unpaired) electrons. The number of rotatable bonds is 2. The number of aryl methyl sites for hydroxylation is 1. The van der Waals surface area contributed by atoms with Gasteiger partial charge in [0.25, 0.3) is 0 Å². The number of hydrogen-bond donors (Lipinski definition) is 1. The number of hydrogen-bond acceptors (Lipinski definition) is 3. The Morgan fingerprint density at radius 3 is 2.94 bits per heavy atom. The number of pyridine rings is 1. The van der Waals surface area contributed by atoms with Crippen molar-refractivity contribution in [3.05, 3.63) is 42.5 Å². The molecule has 0 unspecified atom stereocenters. The molecule has 3 heterocycles. The maximum atomic E-state index is 10.9. The first-order valence-corrected chi connectivity index (χ1v) is 5.36. The van der Waals surface area contributed by atoms with Crippen LogP contribution in [0.5, 0.6) is 0 Å². The number of carbonyl (C=O) groups is 1. The molecule has 0 bridgehead atoms. The van der Waals surface area contributed by atoms with E-state index >= 15 is 0 Å². The molecule has 0 amide bonds. The lowest BCUT2D eigenvalue weighted by atomic mass is 10.2. The molecule has 0 saturated carbocycles. The molecule has 3 aromatic heterocycles. The molecule has 18 heavy (non-hydrogen) atoms. The van der Waals surface area contributed by atoms with Crippen LogP contribution in [-0.2, 0) is 7.05 Å². The third-order valence-corrected chi connectivity index (χ3v) is 2.80. The second-order valence-electron chi connectivity index (χ2n) is 3.92. The summed E-state index contributed by atoms with van der Waals surface area (Å²) in [4.78, 5) is 19.2. The van der Waals surface area contributed by atoms with E-state index in [9.17, 15) is 4.79 Å². The third-order valence-electron chi connectivity index (χ3n) is 2.80. The first kappa shape index (κ1) is 10.5. The van der Waals surface area contributed by atoms with Crippen molar-refractivity contribution in [1.29, 1.82) is 0 Å². The Morgan fingerprint density at radius 1 is 1.39 bits per heavy atom. The van der Waals surface area contributed by atoms with Gasteiger partial charge in [0.2, 0.25) is 5.78 Å². The Balaban J connectivity index is 2.19. The van der Waals surface area contributed by atoms with E-state index in [4.69, 9.17) is 5.11 Å². The summed E-state index contributed by atoms with van der Waals surface area (Å²) in [6, 6.07) is 4.93. The van der Waals surface area contributed by atoms with Crippen LogP contribution < -0.4 is 0 Å². The van der Waals surface area contributed by atoms with Crippen molar-refractivity contribution in [3.8, 4) is 11.4 Å². The van der Waals surface area contributed by atoms with Crippen LogP contribution in [0.15, 0.2) is 36.8 Å². The highest BCUT2D eigenvalue weighted by Gasteiger charge is 2.12. The van der Waals surface area contributed by atoms with Gasteiger partial charge in [0.05, 0.1) is 11.4 Å². The van der Waals surface area contributed by atoms with Crippen LogP contribution in [0.2, 0.25) is 0 Å². The Morgan fingerprint density at radius 2 is 2.22 bits per heavy atom. The van der Waals surface area contributed by atoms with Crippen molar-refractivity contribution in [1.82, 2.24) is 18.9 Å². The smallest absolute Gasteiger partial charge is 0.354 e. The van der Waals surface area contributed by atoms with E-state index in [2.05, 4.69) is 9.97 Å². The van der Waals surface area contributed by atoms with E-state index in [1.54, 1.807) is 18.3 Å². The average molecular weight is 242 g/mol. The summed E-state index contributed by atoms with van der Waals surface area (Å²) in [6.45, 7) is 0. The minimum atomic E-state index is -1.03. The van der Waals surface area contributed by atoms with Crippen LogP contribution in [0.1, 0.15) is 10.5 Å².